The fourth-order valence-electron chi connectivity index (χ4n) is 2.89. The van der Waals surface area contributed by atoms with Crippen LogP contribution in [0.15, 0.2) is 78.0 Å². The maximum atomic E-state index is 14.0. The van der Waals surface area contributed by atoms with E-state index in [2.05, 4.69) is 10.2 Å². The number of methoxy groups -OCH3 is 1. The maximum Gasteiger partial charge on any atom is 0.196 e. The van der Waals surface area contributed by atoms with Crippen molar-refractivity contribution in [3.8, 4) is 22.8 Å². The van der Waals surface area contributed by atoms with Gasteiger partial charge in [0.25, 0.3) is 0 Å². The minimum atomic E-state index is -0.231. The third-order valence-corrected chi connectivity index (χ3v) is 5.59. The smallest absolute Gasteiger partial charge is 0.196 e. The van der Waals surface area contributed by atoms with Crippen LogP contribution in [0.25, 0.3) is 17.1 Å². The molecule has 0 N–H and O–H groups in total. The Morgan fingerprint density at radius 1 is 1.00 bits per heavy atom. The van der Waals surface area contributed by atoms with E-state index in [1.165, 1.54) is 17.8 Å². The minimum absolute atomic E-state index is 0.231. The first-order chi connectivity index (χ1) is 14.2. The van der Waals surface area contributed by atoms with Crippen LogP contribution in [0.3, 0.4) is 0 Å². The molecule has 0 amide bonds. The summed E-state index contributed by atoms with van der Waals surface area (Å²) in [5.74, 6) is 1.61. The number of rotatable bonds is 6. The lowest BCUT2D eigenvalue weighted by Crippen LogP contribution is -2.00. The zero-order chi connectivity index (χ0) is 20.2. The van der Waals surface area contributed by atoms with Gasteiger partial charge in [-0.25, -0.2) is 4.39 Å². The summed E-state index contributed by atoms with van der Waals surface area (Å²) in [4.78, 5) is 0. The normalized spacial score (nSPS) is 10.9. The Kier molecular flexibility index (Phi) is 5.83. The van der Waals surface area contributed by atoms with Gasteiger partial charge in [0.1, 0.15) is 11.6 Å². The summed E-state index contributed by atoms with van der Waals surface area (Å²) in [6, 6.07) is 21.8. The molecule has 0 atom stereocenters. The van der Waals surface area contributed by atoms with Gasteiger partial charge in [-0.2, -0.15) is 0 Å². The van der Waals surface area contributed by atoms with Crippen molar-refractivity contribution in [1.29, 1.82) is 0 Å². The molecular formula is C22H17ClFN3OS. The van der Waals surface area contributed by atoms with Crippen LogP contribution in [0.4, 0.5) is 4.39 Å². The van der Waals surface area contributed by atoms with Gasteiger partial charge in [-0.15, -0.1) is 10.2 Å². The SMILES string of the molecule is COc1cccc(-c2nnc(SCc3ccccc3F)n2-c2ccc(Cl)cc2)c1. The van der Waals surface area contributed by atoms with Gasteiger partial charge in [0, 0.05) is 22.0 Å². The van der Waals surface area contributed by atoms with Crippen molar-refractivity contribution in [2.24, 2.45) is 0 Å². The molecule has 0 saturated carbocycles. The standard InChI is InChI=1S/C22H17ClFN3OS/c1-28-19-7-4-6-15(13-19)21-25-26-22(27(21)18-11-9-17(23)10-12-18)29-14-16-5-2-3-8-20(16)24/h2-13H,14H2,1H3. The number of ether oxygens (including phenoxy) is 1. The Bertz CT molecular complexity index is 1130. The largest absolute Gasteiger partial charge is 0.497 e. The van der Waals surface area contributed by atoms with Gasteiger partial charge in [-0.05, 0) is 48.0 Å². The molecule has 0 aliphatic carbocycles. The first-order valence-electron chi connectivity index (χ1n) is 8.87. The molecule has 4 nitrogen and oxygen atoms in total. The number of hydrogen-bond acceptors (Lipinski definition) is 4. The maximum absolute atomic E-state index is 14.0. The van der Waals surface area contributed by atoms with Crippen LogP contribution in [-0.2, 0) is 5.75 Å². The van der Waals surface area contributed by atoms with Gasteiger partial charge in [-0.1, -0.05) is 53.7 Å². The predicted octanol–water partition coefficient (Wildman–Crippen LogP) is 6.03. The van der Waals surface area contributed by atoms with E-state index in [1.807, 2.05) is 59.2 Å². The first kappa shape index (κ1) is 19.5. The molecule has 4 rings (SSSR count). The van der Waals surface area contributed by atoms with Gasteiger partial charge in [0.15, 0.2) is 11.0 Å². The van der Waals surface area contributed by atoms with Crippen molar-refractivity contribution >= 4 is 23.4 Å². The molecule has 7 heteroatoms. The quantitative estimate of drug-likeness (QED) is 0.354. The molecule has 0 aliphatic heterocycles. The molecule has 0 fully saturated rings. The minimum Gasteiger partial charge on any atom is -0.497 e. The zero-order valence-corrected chi connectivity index (χ0v) is 17.1. The number of halogens is 2. The van der Waals surface area contributed by atoms with E-state index in [0.717, 1.165) is 17.0 Å². The second-order valence-corrected chi connectivity index (χ2v) is 7.61. The van der Waals surface area contributed by atoms with E-state index in [-0.39, 0.29) is 5.82 Å². The molecule has 1 aromatic heterocycles. The van der Waals surface area contributed by atoms with Crippen LogP contribution in [0.2, 0.25) is 5.02 Å². The highest BCUT2D eigenvalue weighted by Crippen LogP contribution is 2.31. The predicted molar refractivity (Wildman–Crippen MR) is 114 cm³/mol. The third-order valence-electron chi connectivity index (χ3n) is 4.36. The third kappa shape index (κ3) is 4.28. The average molecular weight is 426 g/mol. The molecule has 0 bridgehead atoms. The number of benzene rings is 3. The highest BCUT2D eigenvalue weighted by molar-refractivity contribution is 7.98. The fourth-order valence-corrected chi connectivity index (χ4v) is 3.96. The van der Waals surface area contributed by atoms with Gasteiger partial charge in [0.05, 0.1) is 7.11 Å². The lowest BCUT2D eigenvalue weighted by Gasteiger charge is -2.11. The van der Waals surface area contributed by atoms with Crippen LogP contribution >= 0.6 is 23.4 Å². The molecule has 0 radical (unpaired) electrons. The molecule has 0 unspecified atom stereocenters. The van der Waals surface area contributed by atoms with Crippen molar-refractivity contribution in [2.75, 3.05) is 7.11 Å². The van der Waals surface area contributed by atoms with Crippen LogP contribution in [0, 0.1) is 5.82 Å². The molecule has 146 valence electrons. The van der Waals surface area contributed by atoms with Crippen molar-refractivity contribution in [2.45, 2.75) is 10.9 Å². The fraction of sp³-hybridized carbons (Fsp3) is 0.0909. The van der Waals surface area contributed by atoms with E-state index < -0.39 is 0 Å². The summed E-state index contributed by atoms with van der Waals surface area (Å²) >= 11 is 7.49. The monoisotopic (exact) mass is 425 g/mol. The Balaban J connectivity index is 1.76. The van der Waals surface area contributed by atoms with Crippen LogP contribution in [0.5, 0.6) is 5.75 Å². The molecule has 0 aliphatic rings. The molecule has 0 spiro atoms. The van der Waals surface area contributed by atoms with Crippen LogP contribution in [-0.4, -0.2) is 21.9 Å². The number of nitrogens with zero attached hydrogens (tertiary/aromatic N) is 3. The molecule has 1 heterocycles. The summed E-state index contributed by atoms with van der Waals surface area (Å²) in [5, 5.41) is 10.1. The van der Waals surface area contributed by atoms with Crippen molar-refractivity contribution in [3.05, 3.63) is 89.2 Å². The van der Waals surface area contributed by atoms with Crippen molar-refractivity contribution < 1.29 is 9.13 Å². The summed E-state index contributed by atoms with van der Waals surface area (Å²) in [6.45, 7) is 0. The summed E-state index contributed by atoms with van der Waals surface area (Å²) in [7, 11) is 1.62. The van der Waals surface area contributed by atoms with Gasteiger partial charge in [0.2, 0.25) is 0 Å². The molecule has 3 aromatic carbocycles. The molecule has 29 heavy (non-hydrogen) atoms. The Labute approximate surface area is 177 Å². The average Bonchev–Trinajstić information content (AvgIpc) is 3.18. The summed E-state index contributed by atoms with van der Waals surface area (Å²) < 4.78 is 21.3. The lowest BCUT2D eigenvalue weighted by atomic mass is 10.2. The van der Waals surface area contributed by atoms with E-state index in [1.54, 1.807) is 19.2 Å². The zero-order valence-electron chi connectivity index (χ0n) is 15.5. The van der Waals surface area contributed by atoms with E-state index in [9.17, 15) is 4.39 Å². The second-order valence-electron chi connectivity index (χ2n) is 6.23. The van der Waals surface area contributed by atoms with E-state index >= 15 is 0 Å². The van der Waals surface area contributed by atoms with Crippen LogP contribution in [0.1, 0.15) is 5.56 Å². The summed E-state index contributed by atoms with van der Waals surface area (Å²) in [5.41, 5.74) is 2.35. The Hall–Kier alpha value is -2.83. The summed E-state index contributed by atoms with van der Waals surface area (Å²) in [6.07, 6.45) is 0. The van der Waals surface area contributed by atoms with E-state index in [4.69, 9.17) is 16.3 Å². The van der Waals surface area contributed by atoms with E-state index in [0.29, 0.717) is 27.3 Å². The van der Waals surface area contributed by atoms with Gasteiger partial charge < -0.3 is 4.74 Å². The highest BCUT2D eigenvalue weighted by Gasteiger charge is 2.17. The topological polar surface area (TPSA) is 39.9 Å². The number of hydrogen-bond donors (Lipinski definition) is 0. The Morgan fingerprint density at radius 2 is 1.79 bits per heavy atom. The number of thioether (sulfide) groups is 1. The number of aromatic nitrogens is 3. The molecule has 0 saturated heterocycles. The second kappa shape index (κ2) is 8.68. The highest BCUT2D eigenvalue weighted by atomic mass is 35.5. The molecule has 4 aromatic rings. The lowest BCUT2D eigenvalue weighted by molar-refractivity contribution is 0.415. The van der Waals surface area contributed by atoms with Gasteiger partial charge in [-0.3, -0.25) is 4.57 Å². The first-order valence-corrected chi connectivity index (χ1v) is 10.2. The molecular weight excluding hydrogens is 409 g/mol. The van der Waals surface area contributed by atoms with Crippen molar-refractivity contribution in [3.63, 3.8) is 0 Å². The Morgan fingerprint density at radius 3 is 2.55 bits per heavy atom. The van der Waals surface area contributed by atoms with Gasteiger partial charge >= 0.3 is 0 Å². The van der Waals surface area contributed by atoms with Crippen LogP contribution < -0.4 is 4.74 Å². The van der Waals surface area contributed by atoms with Crippen molar-refractivity contribution in [1.82, 2.24) is 14.8 Å².